The van der Waals surface area contributed by atoms with Crippen molar-refractivity contribution in [1.29, 1.82) is 0 Å². The molecule has 0 radical (unpaired) electrons. The van der Waals surface area contributed by atoms with Crippen molar-refractivity contribution in [1.82, 2.24) is 0 Å². The largest absolute Gasteiger partial charge is 0.492 e. The summed E-state index contributed by atoms with van der Waals surface area (Å²) in [5.74, 6) is 0.669. The van der Waals surface area contributed by atoms with Crippen molar-refractivity contribution in [2.45, 2.75) is 25.8 Å². The maximum atomic E-state index is 14.2. The molecule has 0 spiro atoms. The first-order chi connectivity index (χ1) is 9.51. The minimum atomic E-state index is -0.232. The van der Waals surface area contributed by atoms with Gasteiger partial charge in [-0.15, -0.1) is 0 Å². The Kier molecular flexibility index (Phi) is 3.02. The van der Waals surface area contributed by atoms with Gasteiger partial charge in [0.1, 0.15) is 11.6 Å². The summed E-state index contributed by atoms with van der Waals surface area (Å²) in [6, 6.07) is 11.0. The van der Waals surface area contributed by atoms with E-state index < -0.39 is 0 Å². The fraction of sp³-hybridized carbons (Fsp3) is 0.294. The predicted molar refractivity (Wildman–Crippen MR) is 78.2 cm³/mol. The van der Waals surface area contributed by atoms with Crippen molar-refractivity contribution in [3.05, 3.63) is 53.3 Å². The predicted octanol–water partition coefficient (Wildman–Crippen LogP) is 3.62. The lowest BCUT2D eigenvalue weighted by Gasteiger charge is -2.16. The first kappa shape index (κ1) is 13.1. The maximum Gasteiger partial charge on any atom is 0.131 e. The topological polar surface area (TPSA) is 35.2 Å². The number of hydrogen-bond acceptors (Lipinski definition) is 2. The van der Waals surface area contributed by atoms with Crippen LogP contribution >= 0.6 is 0 Å². The van der Waals surface area contributed by atoms with E-state index in [1.54, 1.807) is 6.07 Å². The fourth-order valence-corrected chi connectivity index (χ4v) is 2.61. The van der Waals surface area contributed by atoms with Crippen molar-refractivity contribution in [2.24, 2.45) is 5.73 Å². The molecule has 0 unspecified atom stereocenters. The monoisotopic (exact) mass is 271 g/mol. The van der Waals surface area contributed by atoms with E-state index >= 15 is 0 Å². The molecule has 2 aromatic rings. The summed E-state index contributed by atoms with van der Waals surface area (Å²) in [5, 5.41) is 0. The van der Waals surface area contributed by atoms with Crippen molar-refractivity contribution >= 4 is 0 Å². The van der Waals surface area contributed by atoms with Crippen LogP contribution in [-0.4, -0.2) is 6.61 Å². The molecule has 0 bridgehead atoms. The summed E-state index contributed by atoms with van der Waals surface area (Å²) in [7, 11) is 0. The third kappa shape index (κ3) is 2.08. The average Bonchev–Trinajstić information content (AvgIpc) is 2.74. The average molecular weight is 271 g/mol. The zero-order valence-corrected chi connectivity index (χ0v) is 11.7. The van der Waals surface area contributed by atoms with Crippen molar-refractivity contribution < 1.29 is 9.13 Å². The molecule has 1 aliphatic heterocycles. The van der Waals surface area contributed by atoms with Crippen LogP contribution in [0.1, 0.15) is 25.0 Å². The Balaban J connectivity index is 2.08. The highest BCUT2D eigenvalue weighted by atomic mass is 19.1. The molecule has 2 aromatic carbocycles. The van der Waals surface area contributed by atoms with Crippen molar-refractivity contribution in [3.8, 4) is 16.9 Å². The molecule has 0 atom stereocenters. The van der Waals surface area contributed by atoms with Gasteiger partial charge in [0.15, 0.2) is 0 Å². The minimum absolute atomic E-state index is 0.0288. The van der Waals surface area contributed by atoms with Gasteiger partial charge in [-0.25, -0.2) is 4.39 Å². The molecule has 1 heterocycles. The summed E-state index contributed by atoms with van der Waals surface area (Å²) >= 11 is 0. The molecule has 0 fully saturated rings. The zero-order chi connectivity index (χ0) is 14.3. The number of benzene rings is 2. The first-order valence-electron chi connectivity index (χ1n) is 6.77. The van der Waals surface area contributed by atoms with Crippen LogP contribution in [0.5, 0.6) is 5.75 Å². The third-order valence-corrected chi connectivity index (χ3v) is 3.88. The van der Waals surface area contributed by atoms with Gasteiger partial charge in [0.25, 0.3) is 0 Å². The molecule has 104 valence electrons. The molecule has 20 heavy (non-hydrogen) atoms. The molecule has 2 N–H and O–H groups in total. The highest BCUT2D eigenvalue weighted by molar-refractivity contribution is 5.68. The third-order valence-electron chi connectivity index (χ3n) is 3.88. The van der Waals surface area contributed by atoms with Crippen molar-refractivity contribution in [2.75, 3.05) is 6.61 Å². The van der Waals surface area contributed by atoms with Crippen LogP contribution < -0.4 is 10.5 Å². The number of fused-ring (bicyclic) bond motifs is 1. The first-order valence-corrected chi connectivity index (χ1v) is 6.77. The fourth-order valence-electron chi connectivity index (χ4n) is 2.61. The van der Waals surface area contributed by atoms with Crippen LogP contribution in [0.4, 0.5) is 4.39 Å². The van der Waals surface area contributed by atoms with Crippen LogP contribution in [-0.2, 0) is 12.0 Å². The van der Waals surface area contributed by atoms with Gasteiger partial charge >= 0.3 is 0 Å². The van der Waals surface area contributed by atoms with E-state index in [-0.39, 0.29) is 11.2 Å². The molecule has 0 aliphatic carbocycles. The van der Waals surface area contributed by atoms with E-state index in [1.807, 2.05) is 24.3 Å². The van der Waals surface area contributed by atoms with E-state index in [0.29, 0.717) is 18.7 Å². The van der Waals surface area contributed by atoms with Gasteiger partial charge in [-0.3, -0.25) is 0 Å². The standard InChI is InChI=1S/C17H18FNO/c1-17(2)10-20-16-6-4-12(8-14(16)17)13-5-3-11(9-19)7-15(13)18/h3-8H,9-10,19H2,1-2H3. The highest BCUT2D eigenvalue weighted by Crippen LogP contribution is 2.40. The Morgan fingerprint density at radius 2 is 2.00 bits per heavy atom. The Labute approximate surface area is 118 Å². The summed E-state index contributed by atoms with van der Waals surface area (Å²) in [5.41, 5.74) is 8.93. The summed E-state index contributed by atoms with van der Waals surface area (Å²) < 4.78 is 19.8. The maximum absolute atomic E-state index is 14.2. The second-order valence-corrected chi connectivity index (χ2v) is 5.90. The Bertz CT molecular complexity index is 664. The molecule has 0 saturated heterocycles. The van der Waals surface area contributed by atoms with Gasteiger partial charge in [-0.05, 0) is 29.3 Å². The number of nitrogens with two attached hydrogens (primary N) is 1. The number of hydrogen-bond donors (Lipinski definition) is 1. The number of ether oxygens (including phenoxy) is 1. The highest BCUT2D eigenvalue weighted by Gasteiger charge is 2.31. The van der Waals surface area contributed by atoms with Crippen LogP contribution in [0, 0.1) is 5.82 Å². The number of rotatable bonds is 2. The zero-order valence-electron chi connectivity index (χ0n) is 11.7. The van der Waals surface area contributed by atoms with E-state index in [4.69, 9.17) is 10.5 Å². The second kappa shape index (κ2) is 4.60. The second-order valence-electron chi connectivity index (χ2n) is 5.90. The Morgan fingerprint density at radius 3 is 2.70 bits per heavy atom. The molecule has 3 heteroatoms. The molecule has 0 saturated carbocycles. The van der Waals surface area contributed by atoms with Crippen LogP contribution in [0.2, 0.25) is 0 Å². The van der Waals surface area contributed by atoms with Gasteiger partial charge in [-0.1, -0.05) is 32.0 Å². The lowest BCUT2D eigenvalue weighted by atomic mass is 9.85. The minimum Gasteiger partial charge on any atom is -0.492 e. The summed E-state index contributed by atoms with van der Waals surface area (Å²) in [6.07, 6.45) is 0. The van der Waals surface area contributed by atoms with Gasteiger partial charge in [0, 0.05) is 23.1 Å². The lowest BCUT2D eigenvalue weighted by Crippen LogP contribution is -2.18. The lowest BCUT2D eigenvalue weighted by molar-refractivity contribution is 0.291. The smallest absolute Gasteiger partial charge is 0.131 e. The summed E-state index contributed by atoms with van der Waals surface area (Å²) in [4.78, 5) is 0. The molecular formula is C17H18FNO. The van der Waals surface area contributed by atoms with E-state index in [2.05, 4.69) is 13.8 Å². The van der Waals surface area contributed by atoms with Gasteiger partial charge in [0.05, 0.1) is 6.61 Å². The van der Waals surface area contributed by atoms with Crippen LogP contribution in [0.15, 0.2) is 36.4 Å². The van der Waals surface area contributed by atoms with Crippen LogP contribution in [0.3, 0.4) is 0 Å². The van der Waals surface area contributed by atoms with Crippen LogP contribution in [0.25, 0.3) is 11.1 Å². The quantitative estimate of drug-likeness (QED) is 0.905. The molecule has 2 nitrogen and oxygen atoms in total. The Hall–Kier alpha value is -1.87. The molecule has 3 rings (SSSR count). The normalized spacial score (nSPS) is 15.8. The van der Waals surface area contributed by atoms with Gasteiger partial charge < -0.3 is 10.5 Å². The summed E-state index contributed by atoms with van der Waals surface area (Å²) in [6.45, 7) is 5.29. The van der Waals surface area contributed by atoms with E-state index in [1.165, 1.54) is 6.07 Å². The van der Waals surface area contributed by atoms with Gasteiger partial charge in [-0.2, -0.15) is 0 Å². The Morgan fingerprint density at radius 1 is 1.20 bits per heavy atom. The molecule has 0 amide bonds. The van der Waals surface area contributed by atoms with E-state index in [0.717, 1.165) is 22.4 Å². The number of halogens is 1. The molecule has 0 aromatic heterocycles. The van der Waals surface area contributed by atoms with E-state index in [9.17, 15) is 4.39 Å². The molecule has 1 aliphatic rings. The SMILES string of the molecule is CC1(C)COc2ccc(-c3ccc(CN)cc3F)cc21. The van der Waals surface area contributed by atoms with Gasteiger partial charge in [0.2, 0.25) is 0 Å². The molecular weight excluding hydrogens is 253 g/mol. The van der Waals surface area contributed by atoms with Crippen molar-refractivity contribution in [3.63, 3.8) is 0 Å².